The molecular formula is C23H27NO6. The molecule has 160 valence electrons. The highest BCUT2D eigenvalue weighted by atomic mass is 16.5. The van der Waals surface area contributed by atoms with Gasteiger partial charge in [-0.1, -0.05) is 19.1 Å². The summed E-state index contributed by atoms with van der Waals surface area (Å²) in [5.74, 6) is -3.45. The molecule has 1 aromatic rings. The van der Waals surface area contributed by atoms with E-state index < -0.39 is 23.8 Å². The fraction of sp³-hybridized carbons (Fsp3) is 0.435. The lowest BCUT2D eigenvalue weighted by molar-refractivity contribution is -0.151. The Kier molecular flexibility index (Phi) is 6.01. The van der Waals surface area contributed by atoms with E-state index >= 15 is 0 Å². The van der Waals surface area contributed by atoms with E-state index in [0.717, 1.165) is 0 Å². The highest BCUT2D eigenvalue weighted by Crippen LogP contribution is 2.45. The lowest BCUT2D eigenvalue weighted by Gasteiger charge is -2.38. The Morgan fingerprint density at radius 1 is 1.27 bits per heavy atom. The van der Waals surface area contributed by atoms with Crippen LogP contribution in [0.2, 0.25) is 0 Å². The molecule has 0 saturated carbocycles. The third-order valence-electron chi connectivity index (χ3n) is 5.51. The Hall–Kier alpha value is -3.09. The predicted octanol–water partition coefficient (Wildman–Crippen LogP) is 2.96. The Morgan fingerprint density at radius 3 is 2.57 bits per heavy atom. The number of allylic oxidation sites excluding steroid dienone is 3. The molecule has 1 aromatic carbocycles. The number of nitrogens with one attached hydrogen (secondary N) is 1. The first-order valence-electron chi connectivity index (χ1n) is 9.98. The number of dihydropyridines is 1. The third-order valence-corrected chi connectivity index (χ3v) is 5.51. The molecule has 7 nitrogen and oxygen atoms in total. The molecule has 1 heterocycles. The van der Waals surface area contributed by atoms with Crippen LogP contribution in [0, 0.1) is 11.8 Å². The van der Waals surface area contributed by atoms with Gasteiger partial charge in [-0.2, -0.15) is 0 Å². The summed E-state index contributed by atoms with van der Waals surface area (Å²) in [5, 5.41) is 13.2. The highest BCUT2D eigenvalue weighted by Gasteiger charge is 2.47. The fourth-order valence-electron chi connectivity index (χ4n) is 4.27. The van der Waals surface area contributed by atoms with Gasteiger partial charge in [0.05, 0.1) is 18.8 Å². The number of ketones is 1. The molecule has 1 aliphatic heterocycles. The molecular weight excluding hydrogens is 386 g/mol. The van der Waals surface area contributed by atoms with Crippen molar-refractivity contribution in [2.45, 2.75) is 46.1 Å². The zero-order valence-corrected chi connectivity index (χ0v) is 17.8. The summed E-state index contributed by atoms with van der Waals surface area (Å²) in [4.78, 5) is 38.9. The second kappa shape index (κ2) is 8.34. The Bertz CT molecular complexity index is 958. The van der Waals surface area contributed by atoms with E-state index in [1.54, 1.807) is 32.9 Å². The molecule has 0 radical (unpaired) electrons. The van der Waals surface area contributed by atoms with Gasteiger partial charge in [0.15, 0.2) is 5.78 Å². The second-order valence-electron chi connectivity index (χ2n) is 8.08. The van der Waals surface area contributed by atoms with Gasteiger partial charge in [-0.05, 0) is 50.8 Å². The van der Waals surface area contributed by atoms with Gasteiger partial charge in [0.25, 0.3) is 0 Å². The van der Waals surface area contributed by atoms with Crippen molar-refractivity contribution in [3.63, 3.8) is 0 Å². The van der Waals surface area contributed by atoms with E-state index in [9.17, 15) is 19.5 Å². The number of carbonyl (C=O) groups excluding carboxylic acids is 3. The van der Waals surface area contributed by atoms with Gasteiger partial charge in [0.1, 0.15) is 11.7 Å². The van der Waals surface area contributed by atoms with Crippen LogP contribution in [0.3, 0.4) is 0 Å². The van der Waals surface area contributed by atoms with Gasteiger partial charge in [-0.25, -0.2) is 4.79 Å². The average Bonchev–Trinajstić information content (AvgIpc) is 2.65. The Labute approximate surface area is 175 Å². The van der Waals surface area contributed by atoms with Crippen molar-refractivity contribution in [2.24, 2.45) is 11.8 Å². The summed E-state index contributed by atoms with van der Waals surface area (Å²) in [7, 11) is 1.26. The number of esters is 2. The van der Waals surface area contributed by atoms with Gasteiger partial charge in [-0.3, -0.25) is 9.59 Å². The van der Waals surface area contributed by atoms with Crippen molar-refractivity contribution >= 4 is 17.7 Å². The Balaban J connectivity index is 2.19. The quantitative estimate of drug-likeness (QED) is 0.578. The summed E-state index contributed by atoms with van der Waals surface area (Å²) in [6.45, 7) is 7.09. The number of Topliss-reactive ketones (excluding diaryl/α,β-unsaturated/α-hetero) is 1. The number of benzene rings is 1. The fourth-order valence-corrected chi connectivity index (χ4v) is 4.27. The molecule has 2 N–H and O–H groups in total. The van der Waals surface area contributed by atoms with Crippen LogP contribution in [0.1, 0.15) is 45.6 Å². The highest BCUT2D eigenvalue weighted by molar-refractivity contribution is 6.12. The molecule has 3 rings (SSSR count). The maximum Gasteiger partial charge on any atom is 0.337 e. The average molecular weight is 413 g/mol. The standard InChI is InChI=1S/C23H27NO6/c1-11(2)30-23(28)18-13(4)24-16-9-12(3)17(22(27)29-5)21(26)20(16)19(18)14-7-6-8-15(25)10-14/h6-8,10-12,17,19,24-25H,9H2,1-5H3/t12-,17+,19+/m1/s1. The minimum atomic E-state index is -0.948. The summed E-state index contributed by atoms with van der Waals surface area (Å²) < 4.78 is 10.3. The monoisotopic (exact) mass is 413 g/mol. The van der Waals surface area contributed by atoms with E-state index in [-0.39, 0.29) is 23.6 Å². The van der Waals surface area contributed by atoms with Gasteiger partial charge in [0, 0.05) is 22.9 Å². The molecule has 3 atom stereocenters. The van der Waals surface area contributed by atoms with Crippen LogP contribution in [0.4, 0.5) is 0 Å². The van der Waals surface area contributed by atoms with Crippen molar-refractivity contribution in [1.29, 1.82) is 0 Å². The molecule has 0 amide bonds. The number of aromatic hydroxyl groups is 1. The van der Waals surface area contributed by atoms with Gasteiger partial charge in [0.2, 0.25) is 0 Å². The number of methoxy groups -OCH3 is 1. The van der Waals surface area contributed by atoms with Crippen molar-refractivity contribution in [3.05, 3.63) is 52.4 Å². The van der Waals surface area contributed by atoms with E-state index in [2.05, 4.69) is 5.32 Å². The molecule has 0 bridgehead atoms. The van der Waals surface area contributed by atoms with Crippen molar-refractivity contribution in [1.82, 2.24) is 5.32 Å². The zero-order chi connectivity index (χ0) is 22.2. The lowest BCUT2D eigenvalue weighted by atomic mass is 9.69. The maximum absolute atomic E-state index is 13.5. The predicted molar refractivity (Wildman–Crippen MR) is 109 cm³/mol. The second-order valence-corrected chi connectivity index (χ2v) is 8.08. The van der Waals surface area contributed by atoms with E-state index in [0.29, 0.717) is 34.5 Å². The maximum atomic E-state index is 13.5. The van der Waals surface area contributed by atoms with Crippen LogP contribution < -0.4 is 5.32 Å². The van der Waals surface area contributed by atoms with E-state index in [4.69, 9.17) is 9.47 Å². The zero-order valence-electron chi connectivity index (χ0n) is 17.8. The number of hydrogen-bond donors (Lipinski definition) is 2. The topological polar surface area (TPSA) is 102 Å². The number of ether oxygens (including phenoxy) is 2. The van der Waals surface area contributed by atoms with Crippen molar-refractivity contribution < 1.29 is 29.0 Å². The summed E-state index contributed by atoms with van der Waals surface area (Å²) >= 11 is 0. The van der Waals surface area contributed by atoms with Crippen LogP contribution >= 0.6 is 0 Å². The van der Waals surface area contributed by atoms with E-state index in [1.165, 1.54) is 19.2 Å². The number of carbonyl (C=O) groups is 3. The van der Waals surface area contributed by atoms with Crippen LogP contribution in [-0.2, 0) is 23.9 Å². The molecule has 7 heteroatoms. The SMILES string of the molecule is COC(=O)[C@@H]1C(=O)C2=C(C[C@H]1C)NC(C)=C(C(=O)OC(C)C)[C@@H]2c1cccc(O)c1. The minimum absolute atomic E-state index is 0.0172. The van der Waals surface area contributed by atoms with Crippen LogP contribution in [0.5, 0.6) is 5.75 Å². The lowest BCUT2D eigenvalue weighted by Crippen LogP contribution is -2.43. The molecule has 0 unspecified atom stereocenters. The van der Waals surface area contributed by atoms with E-state index in [1.807, 2.05) is 6.92 Å². The summed E-state index contributed by atoms with van der Waals surface area (Å²) in [5.41, 5.74) is 2.48. The molecule has 1 aliphatic carbocycles. The van der Waals surface area contributed by atoms with Crippen LogP contribution in [-0.4, -0.2) is 36.0 Å². The number of hydrogen-bond acceptors (Lipinski definition) is 7. The number of phenolic OH excluding ortho intramolecular Hbond substituents is 1. The van der Waals surface area contributed by atoms with Crippen LogP contribution in [0.15, 0.2) is 46.8 Å². The van der Waals surface area contributed by atoms with Gasteiger partial charge >= 0.3 is 11.9 Å². The molecule has 0 fully saturated rings. The first-order valence-corrected chi connectivity index (χ1v) is 9.98. The largest absolute Gasteiger partial charge is 0.508 e. The number of phenols is 1. The molecule has 0 saturated heterocycles. The van der Waals surface area contributed by atoms with Gasteiger partial charge < -0.3 is 19.9 Å². The normalized spacial score (nSPS) is 23.8. The van der Waals surface area contributed by atoms with Crippen molar-refractivity contribution in [2.75, 3.05) is 7.11 Å². The smallest absolute Gasteiger partial charge is 0.337 e. The Morgan fingerprint density at radius 2 is 1.97 bits per heavy atom. The van der Waals surface area contributed by atoms with Gasteiger partial charge in [-0.15, -0.1) is 0 Å². The first-order chi connectivity index (χ1) is 14.1. The summed E-state index contributed by atoms with van der Waals surface area (Å²) in [6.07, 6.45) is 0.114. The first kappa shape index (κ1) is 21.6. The minimum Gasteiger partial charge on any atom is -0.508 e. The third kappa shape index (κ3) is 3.84. The molecule has 2 aliphatic rings. The summed E-state index contributed by atoms with van der Waals surface area (Å²) in [6, 6.07) is 6.44. The van der Waals surface area contributed by atoms with Crippen molar-refractivity contribution in [3.8, 4) is 5.75 Å². The molecule has 0 spiro atoms. The van der Waals surface area contributed by atoms with Crippen LogP contribution in [0.25, 0.3) is 0 Å². The molecule has 0 aromatic heterocycles. The number of rotatable bonds is 4. The molecule has 30 heavy (non-hydrogen) atoms.